The van der Waals surface area contributed by atoms with Gasteiger partial charge >= 0.3 is 11.9 Å². The fourth-order valence-electron chi connectivity index (χ4n) is 5.55. The smallest absolute Gasteiger partial charge is 0.338 e. The van der Waals surface area contributed by atoms with E-state index in [4.69, 9.17) is 30.5 Å². The van der Waals surface area contributed by atoms with Crippen molar-refractivity contribution in [1.29, 1.82) is 0 Å². The highest BCUT2D eigenvalue weighted by atomic mass is 35.5. The molecular formula is C37H47ClN2O13. The van der Waals surface area contributed by atoms with E-state index in [1.54, 1.807) is 36.4 Å². The minimum Gasteiger partial charge on any atom is -0.493 e. The summed E-state index contributed by atoms with van der Waals surface area (Å²) in [4.78, 5) is 51.9. The van der Waals surface area contributed by atoms with Gasteiger partial charge < -0.3 is 44.4 Å². The number of ether oxygens (including phenoxy) is 4. The van der Waals surface area contributed by atoms with Gasteiger partial charge in [-0.3, -0.25) is 4.79 Å². The van der Waals surface area contributed by atoms with Crippen molar-refractivity contribution in [3.63, 3.8) is 0 Å². The van der Waals surface area contributed by atoms with Crippen molar-refractivity contribution in [2.45, 2.75) is 76.2 Å². The number of rotatable bonds is 22. The van der Waals surface area contributed by atoms with Crippen LogP contribution in [-0.4, -0.2) is 89.5 Å². The predicted octanol–water partition coefficient (Wildman–Crippen LogP) is 4.37. The maximum Gasteiger partial charge on any atom is 0.338 e. The van der Waals surface area contributed by atoms with E-state index in [1.165, 1.54) is 32.2 Å². The van der Waals surface area contributed by atoms with E-state index in [0.717, 1.165) is 0 Å². The number of allylic oxidation sites excluding steroid dienone is 2. The van der Waals surface area contributed by atoms with Crippen LogP contribution in [0.4, 0.5) is 0 Å². The fourth-order valence-corrected chi connectivity index (χ4v) is 5.73. The lowest BCUT2D eigenvalue weighted by Crippen LogP contribution is -2.40. The van der Waals surface area contributed by atoms with Gasteiger partial charge in [-0.05, 0) is 81.3 Å². The molecule has 0 aliphatic heterocycles. The van der Waals surface area contributed by atoms with E-state index in [1.807, 2.05) is 12.2 Å². The number of benzene rings is 2. The summed E-state index contributed by atoms with van der Waals surface area (Å²) in [6, 6.07) is 9.95. The van der Waals surface area contributed by atoms with Gasteiger partial charge in [-0.2, -0.15) is 0 Å². The van der Waals surface area contributed by atoms with E-state index in [-0.39, 0.29) is 67.5 Å². The molecule has 1 aliphatic carbocycles. The molecule has 1 fully saturated rings. The maximum atomic E-state index is 12.7. The molecule has 0 heterocycles. The van der Waals surface area contributed by atoms with Crippen LogP contribution in [0, 0.1) is 22.0 Å². The van der Waals surface area contributed by atoms with Gasteiger partial charge in [0, 0.05) is 23.8 Å². The van der Waals surface area contributed by atoms with Crippen LogP contribution in [0.2, 0.25) is 5.02 Å². The van der Waals surface area contributed by atoms with Gasteiger partial charge in [0.2, 0.25) is 5.91 Å². The topological polar surface area (TPSA) is 213 Å². The van der Waals surface area contributed by atoms with Gasteiger partial charge in [0.25, 0.3) is 5.09 Å². The minimum absolute atomic E-state index is 0.000722. The SMILES string of the molecule is COc1cc(C(=O)OCCCCO[N+](=O)[O-])ccc1OC(=O)C(C)NC(=O)CCCC=CC[C@@H]1[C@@H](C=C[C@@H](O)COc2cccc(Cl)c2)[C@H](O)C[C@@H]1O. The Labute approximate surface area is 312 Å². The predicted molar refractivity (Wildman–Crippen MR) is 192 cm³/mol. The summed E-state index contributed by atoms with van der Waals surface area (Å²) in [5.41, 5.74) is 0.138. The average Bonchev–Trinajstić information content (AvgIpc) is 3.39. The third kappa shape index (κ3) is 15.1. The van der Waals surface area contributed by atoms with Crippen molar-refractivity contribution in [2.75, 3.05) is 26.9 Å². The van der Waals surface area contributed by atoms with Crippen LogP contribution in [0.3, 0.4) is 0 Å². The molecule has 2 aromatic carbocycles. The van der Waals surface area contributed by atoms with Gasteiger partial charge in [-0.25, -0.2) is 9.59 Å². The van der Waals surface area contributed by atoms with E-state index in [0.29, 0.717) is 42.9 Å². The number of nitrogens with one attached hydrogen (secondary N) is 1. The summed E-state index contributed by atoms with van der Waals surface area (Å²) >= 11 is 5.96. The molecule has 0 saturated heterocycles. The molecule has 0 bridgehead atoms. The Hall–Kier alpha value is -4.70. The quantitative estimate of drug-likeness (QED) is 0.0328. The molecule has 0 spiro atoms. The number of methoxy groups -OCH3 is 1. The summed E-state index contributed by atoms with van der Waals surface area (Å²) in [7, 11) is 1.33. The second-order valence-electron chi connectivity index (χ2n) is 12.4. The van der Waals surface area contributed by atoms with Crippen LogP contribution in [0.15, 0.2) is 66.8 Å². The number of esters is 2. The van der Waals surface area contributed by atoms with Crippen LogP contribution < -0.4 is 19.5 Å². The Morgan fingerprint density at radius 1 is 1.06 bits per heavy atom. The Bertz CT molecular complexity index is 1570. The molecule has 1 unspecified atom stereocenters. The fraction of sp³-hybridized carbons (Fsp3) is 0.486. The van der Waals surface area contributed by atoms with Crippen molar-refractivity contribution < 1.29 is 58.6 Å². The molecular weight excluding hydrogens is 716 g/mol. The largest absolute Gasteiger partial charge is 0.493 e. The number of carbonyl (C=O) groups is 3. The number of aliphatic hydroxyl groups is 3. The third-order valence-electron chi connectivity index (χ3n) is 8.35. The van der Waals surface area contributed by atoms with Gasteiger partial charge in [-0.15, -0.1) is 10.1 Å². The molecule has 1 aliphatic rings. The Balaban J connectivity index is 1.37. The highest BCUT2D eigenvalue weighted by Gasteiger charge is 2.39. The third-order valence-corrected chi connectivity index (χ3v) is 8.58. The number of aliphatic hydroxyl groups excluding tert-OH is 3. The lowest BCUT2D eigenvalue weighted by Gasteiger charge is -2.19. The average molecular weight is 763 g/mol. The van der Waals surface area contributed by atoms with Crippen LogP contribution >= 0.6 is 11.6 Å². The number of hydrogen-bond donors (Lipinski definition) is 4. The Morgan fingerprint density at radius 3 is 2.57 bits per heavy atom. The molecule has 15 nitrogen and oxygen atoms in total. The highest BCUT2D eigenvalue weighted by Crippen LogP contribution is 2.36. The molecule has 1 amide bonds. The van der Waals surface area contributed by atoms with E-state index >= 15 is 0 Å². The summed E-state index contributed by atoms with van der Waals surface area (Å²) in [5, 5.41) is 43.8. The van der Waals surface area contributed by atoms with Crippen LogP contribution in [0.1, 0.15) is 62.2 Å². The standard InChI is InChI=1S/C37H47ClN2O13/c1-24(36(45)53-33-17-14-25(20-34(33)49-2)37(46)50-18-7-8-19-52-40(47)48)39-35(44)13-6-4-3-5-12-29-30(32(43)22-31(29)42)16-15-27(41)23-51-28-11-9-10-26(38)21-28/h3,5,9-11,14-17,20-21,24,27,29-32,41-43H,4,6-8,12-13,18-19,22-23H2,1-2H3,(H,39,44)/t24?,27-,29-,30-,31+,32-/m1/s1. The first-order chi connectivity index (χ1) is 25.4. The minimum atomic E-state index is -0.978. The second-order valence-corrected chi connectivity index (χ2v) is 12.8. The molecule has 53 heavy (non-hydrogen) atoms. The number of carbonyl (C=O) groups excluding carboxylic acids is 3. The summed E-state index contributed by atoms with van der Waals surface area (Å²) < 4.78 is 21.4. The Kier molecular flexibility index (Phi) is 18.0. The molecule has 6 atom stereocenters. The molecule has 1 saturated carbocycles. The van der Waals surface area contributed by atoms with Crippen LogP contribution in [0.25, 0.3) is 0 Å². The number of hydrogen-bond acceptors (Lipinski definition) is 13. The Morgan fingerprint density at radius 2 is 1.83 bits per heavy atom. The number of halogens is 1. The van der Waals surface area contributed by atoms with Gasteiger partial charge in [0.15, 0.2) is 11.5 Å². The van der Waals surface area contributed by atoms with Gasteiger partial charge in [-0.1, -0.05) is 42.0 Å². The van der Waals surface area contributed by atoms with Crippen molar-refractivity contribution in [1.82, 2.24) is 5.32 Å². The lowest BCUT2D eigenvalue weighted by molar-refractivity contribution is -0.757. The zero-order valence-corrected chi connectivity index (χ0v) is 30.4. The first-order valence-electron chi connectivity index (χ1n) is 17.3. The number of nitrogens with zero attached hydrogens (tertiary/aromatic N) is 1. The van der Waals surface area contributed by atoms with E-state index < -0.39 is 41.4 Å². The van der Waals surface area contributed by atoms with Crippen LogP contribution in [-0.2, 0) is 19.2 Å². The summed E-state index contributed by atoms with van der Waals surface area (Å²) in [5.74, 6) is -1.71. The zero-order chi connectivity index (χ0) is 38.8. The maximum absolute atomic E-state index is 12.7. The van der Waals surface area contributed by atoms with Crippen molar-refractivity contribution in [3.8, 4) is 17.2 Å². The first kappa shape index (κ1) is 42.7. The summed E-state index contributed by atoms with van der Waals surface area (Å²) in [6.07, 6.45) is 7.32. The lowest BCUT2D eigenvalue weighted by atomic mass is 9.89. The zero-order valence-electron chi connectivity index (χ0n) is 29.6. The van der Waals surface area contributed by atoms with E-state index in [9.17, 15) is 39.8 Å². The van der Waals surface area contributed by atoms with Crippen LogP contribution in [0.5, 0.6) is 17.2 Å². The molecule has 4 N–H and O–H groups in total. The van der Waals surface area contributed by atoms with Gasteiger partial charge in [0.05, 0.1) is 38.1 Å². The molecule has 0 aromatic heterocycles. The van der Waals surface area contributed by atoms with E-state index in [2.05, 4.69) is 10.2 Å². The monoisotopic (exact) mass is 762 g/mol. The molecule has 2 aromatic rings. The highest BCUT2D eigenvalue weighted by molar-refractivity contribution is 6.30. The molecule has 16 heteroatoms. The summed E-state index contributed by atoms with van der Waals surface area (Å²) in [6.45, 7) is 1.40. The van der Waals surface area contributed by atoms with Crippen molar-refractivity contribution in [2.24, 2.45) is 11.8 Å². The normalized spacial score (nSPS) is 19.4. The second kappa shape index (κ2) is 22.4. The molecule has 290 valence electrons. The van der Waals surface area contributed by atoms with Crippen molar-refractivity contribution >= 4 is 29.4 Å². The number of amides is 1. The number of unbranched alkanes of at least 4 members (excludes halogenated alkanes) is 2. The van der Waals surface area contributed by atoms with Crippen molar-refractivity contribution in [3.05, 3.63) is 87.5 Å². The molecule has 3 rings (SSSR count). The molecule has 0 radical (unpaired) electrons. The first-order valence-corrected chi connectivity index (χ1v) is 17.6. The van der Waals surface area contributed by atoms with Gasteiger partial charge in [0.1, 0.15) is 24.5 Å².